The summed E-state index contributed by atoms with van der Waals surface area (Å²) in [5, 5.41) is 12.6. The van der Waals surface area contributed by atoms with Crippen molar-refractivity contribution in [1.82, 2.24) is 0 Å². The molecule has 0 saturated heterocycles. The lowest BCUT2D eigenvalue weighted by Crippen LogP contribution is -2.38. The second-order valence-corrected chi connectivity index (χ2v) is 10.7. The zero-order valence-corrected chi connectivity index (χ0v) is 19.4. The van der Waals surface area contributed by atoms with Crippen LogP contribution >= 0.6 is 0 Å². The van der Waals surface area contributed by atoms with Crippen molar-refractivity contribution in [3.8, 4) is 0 Å². The first-order valence-corrected chi connectivity index (χ1v) is 11.8. The molecule has 0 heterocycles. The Hall–Kier alpha value is -1.37. The Morgan fingerprint density at radius 2 is 0.846 bits per heavy atom. The monoisotopic (exact) mass is 385 g/mol. The molecule has 0 aliphatic rings. The van der Waals surface area contributed by atoms with Crippen LogP contribution in [0.1, 0.15) is 81.6 Å². The van der Waals surface area contributed by atoms with Gasteiger partial charge in [-0.2, -0.15) is 0 Å². The summed E-state index contributed by atoms with van der Waals surface area (Å²) in [5.41, 5.74) is 2.70. The maximum absolute atomic E-state index is 5.67. The summed E-state index contributed by atoms with van der Waals surface area (Å²) in [4.78, 5) is 0. The molecule has 0 spiro atoms. The lowest BCUT2D eigenvalue weighted by Gasteiger charge is -2.19. The van der Waals surface area contributed by atoms with Crippen LogP contribution in [0.4, 0.5) is 0 Å². The van der Waals surface area contributed by atoms with Gasteiger partial charge in [-0.05, 0) is 57.8 Å². The summed E-state index contributed by atoms with van der Waals surface area (Å²) in [6.45, 7) is 20.4. The van der Waals surface area contributed by atoms with E-state index in [-0.39, 0.29) is 0 Å². The Bertz CT molecular complexity index is 431. The van der Waals surface area contributed by atoms with Gasteiger partial charge in [-0.1, -0.05) is 41.5 Å². The predicted octanol–water partition coefficient (Wildman–Crippen LogP) is 5.87. The Labute approximate surface area is 161 Å². The van der Waals surface area contributed by atoms with Gasteiger partial charge in [-0.3, -0.25) is 0 Å². The summed E-state index contributed by atoms with van der Waals surface area (Å²) in [7, 11) is -3.15. The van der Waals surface area contributed by atoms with Gasteiger partial charge >= 0.3 is 8.80 Å². The van der Waals surface area contributed by atoms with Crippen LogP contribution in [0.3, 0.4) is 0 Å². The highest BCUT2D eigenvalue weighted by Crippen LogP contribution is 2.15. The standard InChI is InChI=1S/C19H39N3O3Si/c1-14(2)11-17(7)20-23-26(10,24-21-18(8)12-15(3)4)25-22-19(9)13-16(5)6/h14-16H,11-13H2,1-10H3/b20-17-,21-18-,22-19+. The molecule has 152 valence electrons. The van der Waals surface area contributed by atoms with Crippen molar-refractivity contribution in [3.05, 3.63) is 0 Å². The van der Waals surface area contributed by atoms with E-state index in [2.05, 4.69) is 57.0 Å². The van der Waals surface area contributed by atoms with Gasteiger partial charge in [-0.25, -0.2) is 0 Å². The average Bonchev–Trinajstić information content (AvgIpc) is 2.47. The molecule has 0 rings (SSSR count). The number of oxime groups is 3. The highest BCUT2D eigenvalue weighted by Gasteiger charge is 2.45. The molecule has 0 unspecified atom stereocenters. The number of hydrogen-bond acceptors (Lipinski definition) is 6. The maximum atomic E-state index is 5.67. The van der Waals surface area contributed by atoms with Gasteiger partial charge in [0.15, 0.2) is 0 Å². The van der Waals surface area contributed by atoms with E-state index < -0.39 is 8.80 Å². The van der Waals surface area contributed by atoms with E-state index in [0.29, 0.717) is 17.8 Å². The summed E-state index contributed by atoms with van der Waals surface area (Å²) in [6.07, 6.45) is 2.57. The molecular weight excluding hydrogens is 346 g/mol. The fraction of sp³-hybridized carbons (Fsp3) is 0.842. The minimum atomic E-state index is -3.15. The van der Waals surface area contributed by atoms with Gasteiger partial charge in [0.2, 0.25) is 0 Å². The first kappa shape index (κ1) is 24.6. The zero-order valence-electron chi connectivity index (χ0n) is 18.4. The van der Waals surface area contributed by atoms with Crippen LogP contribution in [0.5, 0.6) is 0 Å². The van der Waals surface area contributed by atoms with Crippen molar-refractivity contribution in [3.63, 3.8) is 0 Å². The van der Waals surface area contributed by atoms with Crippen molar-refractivity contribution < 1.29 is 13.6 Å². The Morgan fingerprint density at radius 3 is 1.04 bits per heavy atom. The van der Waals surface area contributed by atoms with Crippen LogP contribution in [0, 0.1) is 17.8 Å². The van der Waals surface area contributed by atoms with Crippen molar-refractivity contribution in [2.24, 2.45) is 33.2 Å². The topological polar surface area (TPSA) is 64.8 Å². The normalized spacial score (nSPS) is 14.4. The molecular formula is C19H39N3O3Si. The van der Waals surface area contributed by atoms with E-state index in [4.69, 9.17) is 13.6 Å². The molecule has 0 radical (unpaired) electrons. The quantitative estimate of drug-likeness (QED) is 0.240. The third kappa shape index (κ3) is 12.9. The maximum Gasteiger partial charge on any atom is 0.759 e. The van der Waals surface area contributed by atoms with Crippen LogP contribution in [-0.4, -0.2) is 25.9 Å². The second kappa shape index (κ2) is 12.1. The molecule has 0 fully saturated rings. The molecule has 0 aliphatic carbocycles. The molecule has 0 amide bonds. The van der Waals surface area contributed by atoms with Crippen LogP contribution in [0.25, 0.3) is 0 Å². The van der Waals surface area contributed by atoms with Crippen molar-refractivity contribution in [2.75, 3.05) is 0 Å². The highest BCUT2D eigenvalue weighted by molar-refractivity contribution is 6.59. The minimum Gasteiger partial charge on any atom is -0.373 e. The van der Waals surface area contributed by atoms with Gasteiger partial charge in [0.25, 0.3) is 0 Å². The predicted molar refractivity (Wildman–Crippen MR) is 113 cm³/mol. The number of nitrogens with zero attached hydrogens (tertiary/aromatic N) is 3. The Morgan fingerprint density at radius 1 is 0.615 bits per heavy atom. The third-order valence-corrected chi connectivity index (χ3v) is 4.48. The molecule has 26 heavy (non-hydrogen) atoms. The molecule has 0 aliphatic heterocycles. The first-order chi connectivity index (χ1) is 11.9. The van der Waals surface area contributed by atoms with Gasteiger partial charge in [-0.15, -0.1) is 15.5 Å². The molecule has 6 nitrogen and oxygen atoms in total. The molecule has 0 aromatic rings. The molecule has 0 saturated carbocycles. The Kier molecular flexibility index (Phi) is 11.5. The SMILES string of the molecule is C/C(CC(C)C)=N/O[Si](C)(O/N=C(/C)CC(C)C)O/N=C(\C)CC(C)C. The fourth-order valence-electron chi connectivity index (χ4n) is 2.42. The highest BCUT2D eigenvalue weighted by atomic mass is 28.4. The van der Waals surface area contributed by atoms with Crippen LogP contribution in [0.15, 0.2) is 15.5 Å². The largest absolute Gasteiger partial charge is 0.759 e. The molecule has 0 bridgehead atoms. The lowest BCUT2D eigenvalue weighted by molar-refractivity contribution is 0.0720. The van der Waals surface area contributed by atoms with Crippen molar-refractivity contribution in [1.29, 1.82) is 0 Å². The van der Waals surface area contributed by atoms with Crippen LogP contribution in [-0.2, 0) is 13.6 Å². The summed E-state index contributed by atoms with van der Waals surface area (Å²) in [5.74, 6) is 1.53. The summed E-state index contributed by atoms with van der Waals surface area (Å²) in [6, 6.07) is 0. The Balaban J connectivity index is 5.17. The smallest absolute Gasteiger partial charge is 0.373 e. The van der Waals surface area contributed by atoms with E-state index in [0.717, 1.165) is 36.4 Å². The molecule has 0 atom stereocenters. The average molecular weight is 386 g/mol. The minimum absolute atomic E-state index is 0.509. The lowest BCUT2D eigenvalue weighted by atomic mass is 10.1. The van der Waals surface area contributed by atoms with Gasteiger partial charge < -0.3 is 13.6 Å². The van der Waals surface area contributed by atoms with Crippen molar-refractivity contribution in [2.45, 2.75) is 88.1 Å². The van der Waals surface area contributed by atoms with Gasteiger partial charge in [0.1, 0.15) is 0 Å². The molecule has 0 aromatic carbocycles. The van der Waals surface area contributed by atoms with E-state index in [9.17, 15) is 0 Å². The van der Waals surface area contributed by atoms with Crippen LogP contribution < -0.4 is 0 Å². The van der Waals surface area contributed by atoms with Crippen LogP contribution in [0.2, 0.25) is 6.55 Å². The third-order valence-electron chi connectivity index (χ3n) is 3.21. The molecule has 0 aromatic heterocycles. The first-order valence-electron chi connectivity index (χ1n) is 9.58. The van der Waals surface area contributed by atoms with E-state index >= 15 is 0 Å². The number of rotatable bonds is 12. The van der Waals surface area contributed by atoms with Gasteiger partial charge in [0.05, 0.1) is 17.1 Å². The molecule has 0 N–H and O–H groups in total. The van der Waals surface area contributed by atoms with Crippen molar-refractivity contribution >= 4 is 25.9 Å². The zero-order chi connectivity index (χ0) is 20.3. The second-order valence-electron chi connectivity index (χ2n) is 8.41. The van der Waals surface area contributed by atoms with E-state index in [1.165, 1.54) is 0 Å². The number of hydrogen-bond donors (Lipinski definition) is 0. The fourth-order valence-corrected chi connectivity index (χ4v) is 3.48. The summed E-state index contributed by atoms with van der Waals surface area (Å²) < 4.78 is 17.0. The van der Waals surface area contributed by atoms with Gasteiger partial charge in [0, 0.05) is 6.55 Å². The molecule has 7 heteroatoms. The summed E-state index contributed by atoms with van der Waals surface area (Å²) >= 11 is 0. The van der Waals surface area contributed by atoms with E-state index in [1.54, 1.807) is 6.55 Å². The van der Waals surface area contributed by atoms with E-state index in [1.807, 2.05) is 20.8 Å².